The molecule has 0 saturated carbocycles. The van der Waals surface area contributed by atoms with Gasteiger partial charge in [0.05, 0.1) is 22.5 Å². The van der Waals surface area contributed by atoms with Crippen LogP contribution in [0.2, 0.25) is 0 Å². The number of carbonyl (C=O) groups is 2. The van der Waals surface area contributed by atoms with Crippen molar-refractivity contribution >= 4 is 55.0 Å². The fraction of sp³-hybridized carbons (Fsp3) is 0.200. The second-order valence-corrected chi connectivity index (χ2v) is 13.4. The third-order valence-corrected chi connectivity index (χ3v) is 10.3. The van der Waals surface area contributed by atoms with Gasteiger partial charge in [0.2, 0.25) is 0 Å². The number of rotatable bonds is 10. The van der Waals surface area contributed by atoms with E-state index in [0.717, 1.165) is 32.6 Å². The Hall–Kier alpha value is -5.58. The van der Waals surface area contributed by atoms with Crippen molar-refractivity contribution in [2.75, 3.05) is 23.4 Å². The number of aromatic carboxylic acids is 1. The summed E-state index contributed by atoms with van der Waals surface area (Å²) in [6, 6.07) is 23.1. The lowest BCUT2D eigenvalue weighted by Crippen LogP contribution is -2.32. The molecule has 11 nitrogen and oxygen atoms in total. The van der Waals surface area contributed by atoms with Crippen LogP contribution in [-0.4, -0.2) is 50.3 Å². The Labute approximate surface area is 283 Å². The Balaban J connectivity index is 1.00. The van der Waals surface area contributed by atoms with Crippen LogP contribution >= 0.6 is 22.7 Å². The summed E-state index contributed by atoms with van der Waals surface area (Å²) in [6.07, 6.45) is 1.80. The molecule has 0 fully saturated rings. The average molecular weight is 676 g/mol. The number of amides is 1. The molecule has 0 atom stereocenters. The Morgan fingerprint density at radius 3 is 2.71 bits per heavy atom. The first kappa shape index (κ1) is 31.0. The number of carboxylic acid groups (broad SMARTS) is 1. The van der Waals surface area contributed by atoms with Crippen molar-refractivity contribution in [3.05, 3.63) is 105 Å². The molecule has 48 heavy (non-hydrogen) atoms. The van der Waals surface area contributed by atoms with Gasteiger partial charge in [-0.1, -0.05) is 35.6 Å². The number of fused-ring (bicyclic) bond motifs is 2. The molecule has 3 aromatic carbocycles. The number of para-hydroxylation sites is 1. The highest BCUT2D eigenvalue weighted by Gasteiger charge is 2.27. The molecule has 13 heteroatoms. The Kier molecular flexibility index (Phi) is 8.58. The predicted octanol–water partition coefficient (Wildman–Crippen LogP) is 6.85. The molecule has 0 unspecified atom stereocenters. The zero-order chi connectivity index (χ0) is 33.2. The van der Waals surface area contributed by atoms with Crippen LogP contribution in [0.5, 0.6) is 5.75 Å². The van der Waals surface area contributed by atoms with E-state index in [0.29, 0.717) is 76.7 Å². The minimum atomic E-state index is -1.07. The number of nitriles is 1. The highest BCUT2D eigenvalue weighted by atomic mass is 32.1. The van der Waals surface area contributed by atoms with Crippen molar-refractivity contribution in [1.29, 1.82) is 5.26 Å². The molecular weight excluding hydrogens is 647 g/mol. The molecule has 6 aromatic rings. The standard InChI is InChI=1S/C35H29N7O4S2/c1-20-25(18-36)30(41-40-20)22-11-13-23(14-12-22)46-17-5-10-29-31(33(44)45)38-35(48-29)42-16-15-21-6-4-7-24(26(21)19-42)32(43)39-34-37-27-8-2-3-9-28(27)47-34/h2-4,6-9,11-14H,5,10,15-17,19H2,1H3,(H,40,41)(H,44,45)(H,37,39,43). The summed E-state index contributed by atoms with van der Waals surface area (Å²) >= 11 is 2.80. The van der Waals surface area contributed by atoms with Crippen molar-refractivity contribution in [1.82, 2.24) is 20.2 Å². The first-order valence-electron chi connectivity index (χ1n) is 15.3. The molecule has 0 radical (unpaired) electrons. The average Bonchev–Trinajstić information content (AvgIpc) is 3.82. The quantitative estimate of drug-likeness (QED) is 0.132. The maximum atomic E-state index is 13.4. The minimum absolute atomic E-state index is 0.0506. The smallest absolute Gasteiger partial charge is 0.355 e. The van der Waals surface area contributed by atoms with E-state index in [1.54, 1.807) is 0 Å². The third-order valence-electron chi connectivity index (χ3n) is 8.19. The normalized spacial score (nSPS) is 12.5. The summed E-state index contributed by atoms with van der Waals surface area (Å²) in [6.45, 7) is 3.30. The second kappa shape index (κ2) is 13.3. The molecule has 1 aliphatic heterocycles. The van der Waals surface area contributed by atoms with Crippen LogP contribution in [0.3, 0.4) is 0 Å². The number of aromatic nitrogens is 4. The van der Waals surface area contributed by atoms with E-state index in [1.807, 2.05) is 78.6 Å². The van der Waals surface area contributed by atoms with Crippen LogP contribution in [0.4, 0.5) is 10.3 Å². The monoisotopic (exact) mass is 675 g/mol. The molecule has 3 N–H and O–H groups in total. The zero-order valence-electron chi connectivity index (χ0n) is 25.8. The molecule has 0 bridgehead atoms. The summed E-state index contributed by atoms with van der Waals surface area (Å²) in [5, 5.41) is 30.6. The number of nitrogens with zero attached hydrogens (tertiary/aromatic N) is 5. The number of carboxylic acids is 1. The lowest BCUT2D eigenvalue weighted by Gasteiger charge is -2.29. The lowest BCUT2D eigenvalue weighted by atomic mass is 9.94. The highest BCUT2D eigenvalue weighted by molar-refractivity contribution is 7.22. The zero-order valence-corrected chi connectivity index (χ0v) is 27.5. The molecular formula is C35H29N7O4S2. The van der Waals surface area contributed by atoms with Gasteiger partial charge in [0.25, 0.3) is 5.91 Å². The van der Waals surface area contributed by atoms with Crippen molar-refractivity contribution < 1.29 is 19.4 Å². The number of ether oxygens (including phenoxy) is 1. The first-order valence-corrected chi connectivity index (χ1v) is 16.9. The van der Waals surface area contributed by atoms with Crippen LogP contribution < -0.4 is 15.0 Å². The van der Waals surface area contributed by atoms with Crippen LogP contribution in [0.15, 0.2) is 66.7 Å². The summed E-state index contributed by atoms with van der Waals surface area (Å²) in [4.78, 5) is 37.4. The van der Waals surface area contributed by atoms with Gasteiger partial charge in [-0.3, -0.25) is 15.2 Å². The van der Waals surface area contributed by atoms with E-state index in [1.165, 1.54) is 22.7 Å². The third kappa shape index (κ3) is 6.23. The van der Waals surface area contributed by atoms with Crippen LogP contribution in [0.1, 0.15) is 54.5 Å². The second-order valence-electron chi connectivity index (χ2n) is 11.3. The van der Waals surface area contributed by atoms with Crippen LogP contribution in [0.25, 0.3) is 21.5 Å². The first-order chi connectivity index (χ1) is 23.4. The molecule has 1 amide bonds. The number of H-pyrrole nitrogens is 1. The van der Waals surface area contributed by atoms with E-state index in [2.05, 4.69) is 31.6 Å². The van der Waals surface area contributed by atoms with E-state index in [-0.39, 0.29) is 11.6 Å². The fourth-order valence-electron chi connectivity index (χ4n) is 5.76. The lowest BCUT2D eigenvalue weighted by molar-refractivity contribution is 0.0690. The number of thiazole rings is 2. The molecule has 0 saturated heterocycles. The number of anilines is 2. The molecule has 0 spiro atoms. The van der Waals surface area contributed by atoms with Crippen LogP contribution in [-0.2, 0) is 19.4 Å². The molecule has 240 valence electrons. The fourth-order valence-corrected chi connectivity index (χ4v) is 7.74. The van der Waals surface area contributed by atoms with Gasteiger partial charge in [0.1, 0.15) is 23.1 Å². The molecule has 4 heterocycles. The summed E-state index contributed by atoms with van der Waals surface area (Å²) < 4.78 is 6.93. The van der Waals surface area contributed by atoms with E-state index >= 15 is 0 Å². The number of benzene rings is 3. The van der Waals surface area contributed by atoms with Crippen molar-refractivity contribution in [2.45, 2.75) is 32.7 Å². The Bertz CT molecular complexity index is 2160. The van der Waals surface area contributed by atoms with Gasteiger partial charge in [-0.25, -0.2) is 14.8 Å². The van der Waals surface area contributed by atoms with Crippen LogP contribution in [0, 0.1) is 18.3 Å². The molecule has 0 aliphatic carbocycles. The van der Waals surface area contributed by atoms with E-state index in [4.69, 9.17) is 4.74 Å². The van der Waals surface area contributed by atoms with Gasteiger partial charge in [0.15, 0.2) is 16.0 Å². The molecule has 7 rings (SSSR count). The number of carbonyl (C=O) groups excluding carboxylic acids is 1. The number of hydrogen-bond donors (Lipinski definition) is 3. The molecule has 1 aliphatic rings. The summed E-state index contributed by atoms with van der Waals surface area (Å²) in [7, 11) is 0. The molecule has 3 aromatic heterocycles. The van der Waals surface area contributed by atoms with E-state index < -0.39 is 5.97 Å². The summed E-state index contributed by atoms with van der Waals surface area (Å²) in [5.41, 5.74) is 6.11. The van der Waals surface area contributed by atoms with Gasteiger partial charge in [-0.2, -0.15) is 10.4 Å². The maximum Gasteiger partial charge on any atom is 0.355 e. The highest BCUT2D eigenvalue weighted by Crippen LogP contribution is 2.34. The Morgan fingerprint density at radius 2 is 1.92 bits per heavy atom. The summed E-state index contributed by atoms with van der Waals surface area (Å²) in [5.74, 6) is -0.623. The largest absolute Gasteiger partial charge is 0.494 e. The topological polar surface area (TPSA) is 157 Å². The Morgan fingerprint density at radius 1 is 1.08 bits per heavy atom. The van der Waals surface area contributed by atoms with Gasteiger partial charge in [-0.05, 0) is 79.8 Å². The van der Waals surface area contributed by atoms with Crippen molar-refractivity contribution in [2.24, 2.45) is 0 Å². The van der Waals surface area contributed by atoms with Crippen molar-refractivity contribution in [3.8, 4) is 23.1 Å². The SMILES string of the molecule is Cc1[nH]nc(-c2ccc(OCCCc3sc(N4CCc5cccc(C(=O)Nc6nc7ccccc7s6)c5C4)nc3C(=O)O)cc2)c1C#N. The van der Waals surface area contributed by atoms with Gasteiger partial charge in [-0.15, -0.1) is 11.3 Å². The number of nitrogens with one attached hydrogen (secondary N) is 2. The van der Waals surface area contributed by atoms with E-state index in [9.17, 15) is 20.0 Å². The number of aryl methyl sites for hydroxylation is 2. The predicted molar refractivity (Wildman–Crippen MR) is 185 cm³/mol. The maximum absolute atomic E-state index is 13.4. The van der Waals surface area contributed by atoms with Gasteiger partial charge >= 0.3 is 5.97 Å². The number of hydrogen-bond acceptors (Lipinski definition) is 10. The van der Waals surface area contributed by atoms with Gasteiger partial charge < -0.3 is 14.7 Å². The number of aromatic amines is 1. The minimum Gasteiger partial charge on any atom is -0.494 e. The van der Waals surface area contributed by atoms with Gasteiger partial charge in [0, 0.05) is 29.1 Å². The van der Waals surface area contributed by atoms with Crippen molar-refractivity contribution in [3.63, 3.8) is 0 Å².